The third-order valence-corrected chi connectivity index (χ3v) is 1.65. The Labute approximate surface area is 70.9 Å². The van der Waals surface area contributed by atoms with Crippen LogP contribution in [0.15, 0.2) is 40.5 Å². The predicted octanol–water partition coefficient (Wildman–Crippen LogP) is 2.49. The van der Waals surface area contributed by atoms with Crippen molar-refractivity contribution < 1.29 is 4.52 Å². The van der Waals surface area contributed by atoms with Crippen molar-refractivity contribution in [1.29, 1.82) is 0 Å². The van der Waals surface area contributed by atoms with E-state index >= 15 is 0 Å². The molecule has 1 aliphatic carbocycles. The summed E-state index contributed by atoms with van der Waals surface area (Å²) in [6.45, 7) is 1.88. The Bertz CT molecular complexity index is 355. The van der Waals surface area contributed by atoms with Gasteiger partial charge < -0.3 is 4.52 Å². The first-order valence-corrected chi connectivity index (χ1v) is 3.84. The van der Waals surface area contributed by atoms with E-state index in [2.05, 4.69) is 5.16 Å². The van der Waals surface area contributed by atoms with Gasteiger partial charge in [0.25, 0.3) is 0 Å². The lowest BCUT2D eigenvalue weighted by Gasteiger charge is -1.84. The van der Waals surface area contributed by atoms with Crippen LogP contribution in [0, 0.1) is 6.92 Å². The summed E-state index contributed by atoms with van der Waals surface area (Å²) in [7, 11) is 0. The molecule has 0 saturated heterocycles. The van der Waals surface area contributed by atoms with Gasteiger partial charge in [0.2, 0.25) is 0 Å². The fourth-order valence-corrected chi connectivity index (χ4v) is 1.11. The van der Waals surface area contributed by atoms with Gasteiger partial charge in [0.05, 0.1) is 0 Å². The van der Waals surface area contributed by atoms with Gasteiger partial charge in [-0.2, -0.15) is 0 Å². The zero-order valence-electron chi connectivity index (χ0n) is 6.82. The Morgan fingerprint density at radius 3 is 2.67 bits per heavy atom. The normalized spacial score (nSPS) is 14.2. The minimum Gasteiger partial charge on any atom is -0.361 e. The lowest BCUT2D eigenvalue weighted by atomic mass is 10.2. The Balaban J connectivity index is 2.28. The van der Waals surface area contributed by atoms with Crippen molar-refractivity contribution in [2.75, 3.05) is 0 Å². The first-order valence-electron chi connectivity index (χ1n) is 3.84. The van der Waals surface area contributed by atoms with Crippen LogP contribution in [0.2, 0.25) is 0 Å². The van der Waals surface area contributed by atoms with E-state index in [1.54, 1.807) is 0 Å². The Hall–Kier alpha value is -1.57. The molecule has 0 radical (unpaired) electrons. The van der Waals surface area contributed by atoms with Crippen molar-refractivity contribution >= 4 is 6.08 Å². The number of aromatic nitrogens is 1. The van der Waals surface area contributed by atoms with E-state index in [0.717, 1.165) is 17.0 Å². The summed E-state index contributed by atoms with van der Waals surface area (Å²) >= 11 is 0. The molecule has 0 saturated carbocycles. The summed E-state index contributed by atoms with van der Waals surface area (Å²) in [5.41, 5.74) is 2.03. The molecule has 12 heavy (non-hydrogen) atoms. The molecule has 0 spiro atoms. The zero-order valence-corrected chi connectivity index (χ0v) is 6.82. The number of rotatable bonds is 1. The zero-order chi connectivity index (χ0) is 8.39. The van der Waals surface area contributed by atoms with Crippen molar-refractivity contribution in [2.24, 2.45) is 0 Å². The second-order valence-corrected chi connectivity index (χ2v) is 2.72. The van der Waals surface area contributed by atoms with Gasteiger partial charge in [-0.1, -0.05) is 29.5 Å². The van der Waals surface area contributed by atoms with Gasteiger partial charge in [0, 0.05) is 6.07 Å². The van der Waals surface area contributed by atoms with Crippen molar-refractivity contribution in [3.63, 3.8) is 0 Å². The molecule has 1 aromatic heterocycles. The molecule has 1 aromatic rings. The van der Waals surface area contributed by atoms with Gasteiger partial charge in [-0.3, -0.25) is 0 Å². The number of allylic oxidation sites excluding steroid dienone is 5. The highest BCUT2D eigenvalue weighted by molar-refractivity contribution is 5.59. The average molecular weight is 159 g/mol. The van der Waals surface area contributed by atoms with Crippen molar-refractivity contribution in [1.82, 2.24) is 5.16 Å². The summed E-state index contributed by atoms with van der Waals surface area (Å²) in [5, 5.41) is 3.86. The van der Waals surface area contributed by atoms with Crippen molar-refractivity contribution in [3.05, 3.63) is 47.4 Å². The summed E-state index contributed by atoms with van der Waals surface area (Å²) < 4.78 is 4.93. The number of aryl methyl sites for hydroxylation is 1. The molecule has 0 amide bonds. The summed E-state index contributed by atoms with van der Waals surface area (Å²) in [5.74, 6) is 0.841. The number of hydrogen-bond donors (Lipinski definition) is 0. The second-order valence-electron chi connectivity index (χ2n) is 2.72. The van der Waals surface area contributed by atoms with Crippen LogP contribution in [-0.2, 0) is 0 Å². The Morgan fingerprint density at radius 2 is 2.08 bits per heavy atom. The highest BCUT2D eigenvalue weighted by Crippen LogP contribution is 2.12. The van der Waals surface area contributed by atoms with Gasteiger partial charge in [-0.15, -0.1) is 0 Å². The van der Waals surface area contributed by atoms with E-state index in [-0.39, 0.29) is 0 Å². The Kier molecular flexibility index (Phi) is 1.67. The molecule has 0 bridgehead atoms. The fraction of sp³-hybridized carbons (Fsp3) is 0.100. The van der Waals surface area contributed by atoms with Gasteiger partial charge in [0.15, 0.2) is 0 Å². The Morgan fingerprint density at radius 1 is 1.33 bits per heavy atom. The fourth-order valence-electron chi connectivity index (χ4n) is 1.11. The lowest BCUT2D eigenvalue weighted by molar-refractivity contribution is 0.396. The van der Waals surface area contributed by atoms with Gasteiger partial charge in [-0.05, 0) is 18.6 Å². The highest BCUT2D eigenvalue weighted by Gasteiger charge is 1.97. The third kappa shape index (κ3) is 1.37. The van der Waals surface area contributed by atoms with Gasteiger partial charge >= 0.3 is 0 Å². The topological polar surface area (TPSA) is 26.0 Å². The number of nitrogens with zero attached hydrogens (tertiary/aromatic N) is 1. The average Bonchev–Trinajstić information content (AvgIpc) is 2.63. The van der Waals surface area contributed by atoms with Crippen LogP contribution in [0.25, 0.3) is 6.08 Å². The van der Waals surface area contributed by atoms with Crippen LogP contribution in [-0.4, -0.2) is 5.16 Å². The molecule has 0 N–H and O–H groups in total. The van der Waals surface area contributed by atoms with E-state index in [4.69, 9.17) is 4.52 Å². The quantitative estimate of drug-likeness (QED) is 0.629. The first-order chi connectivity index (χ1) is 5.84. The summed E-state index contributed by atoms with van der Waals surface area (Å²) in [4.78, 5) is 0. The minimum atomic E-state index is 0.841. The van der Waals surface area contributed by atoms with E-state index < -0.39 is 0 Å². The molecule has 0 unspecified atom stereocenters. The van der Waals surface area contributed by atoms with Crippen LogP contribution in [0.3, 0.4) is 0 Å². The van der Waals surface area contributed by atoms with Crippen LogP contribution in [0.4, 0.5) is 0 Å². The molecule has 0 aromatic carbocycles. The predicted molar refractivity (Wildman–Crippen MR) is 47.5 cm³/mol. The van der Waals surface area contributed by atoms with Crippen LogP contribution < -0.4 is 0 Å². The minimum absolute atomic E-state index is 0.841. The standard InChI is InChI=1S/C10H9NO/c1-8-6-10(11-12-8)7-9-4-2-3-5-9/h2-7H,1H3. The molecular formula is C10H9NO. The lowest BCUT2D eigenvalue weighted by Crippen LogP contribution is -1.70. The van der Waals surface area contributed by atoms with Crippen molar-refractivity contribution in [3.8, 4) is 0 Å². The largest absolute Gasteiger partial charge is 0.361 e. The molecule has 0 atom stereocenters. The molecule has 2 nitrogen and oxygen atoms in total. The molecule has 2 rings (SSSR count). The van der Waals surface area contributed by atoms with Gasteiger partial charge in [-0.25, -0.2) is 0 Å². The summed E-state index contributed by atoms with van der Waals surface area (Å²) in [6, 6.07) is 1.91. The number of hydrogen-bond acceptors (Lipinski definition) is 2. The molecule has 1 heterocycles. The van der Waals surface area contributed by atoms with Crippen LogP contribution in [0.5, 0.6) is 0 Å². The van der Waals surface area contributed by atoms with Crippen LogP contribution in [0.1, 0.15) is 11.5 Å². The summed E-state index contributed by atoms with van der Waals surface area (Å²) in [6.07, 6.45) is 10.0. The van der Waals surface area contributed by atoms with E-state index in [9.17, 15) is 0 Å². The molecular weight excluding hydrogens is 150 g/mol. The molecule has 1 aliphatic rings. The maximum absolute atomic E-state index is 4.93. The van der Waals surface area contributed by atoms with E-state index in [1.165, 1.54) is 0 Å². The molecule has 0 fully saturated rings. The second kappa shape index (κ2) is 2.81. The van der Waals surface area contributed by atoms with E-state index in [0.29, 0.717) is 0 Å². The highest BCUT2D eigenvalue weighted by atomic mass is 16.5. The molecule has 0 aliphatic heterocycles. The first kappa shape index (κ1) is 7.10. The third-order valence-electron chi connectivity index (χ3n) is 1.65. The SMILES string of the molecule is Cc1cc(C=C2C=CC=C2)no1. The monoisotopic (exact) mass is 159 g/mol. The maximum Gasteiger partial charge on any atom is 0.134 e. The smallest absolute Gasteiger partial charge is 0.134 e. The molecule has 60 valence electrons. The van der Waals surface area contributed by atoms with Crippen molar-refractivity contribution in [2.45, 2.75) is 6.92 Å². The van der Waals surface area contributed by atoms with E-state index in [1.807, 2.05) is 43.4 Å². The molecule has 2 heteroatoms. The maximum atomic E-state index is 4.93. The van der Waals surface area contributed by atoms with Gasteiger partial charge in [0.1, 0.15) is 11.5 Å². The van der Waals surface area contributed by atoms with Crippen LogP contribution >= 0.6 is 0 Å².